The minimum absolute atomic E-state index is 0.252. The maximum Gasteiger partial charge on any atom is 0.222 e. The van der Waals surface area contributed by atoms with E-state index < -0.39 is 0 Å². The van der Waals surface area contributed by atoms with Crippen LogP contribution in [0.5, 0.6) is 5.75 Å². The molecule has 2 aromatic rings. The average Bonchev–Trinajstić information content (AvgIpc) is 3.20. The normalized spacial score (nSPS) is 18.6. The van der Waals surface area contributed by atoms with Crippen molar-refractivity contribution in [1.29, 1.82) is 0 Å². The SMILES string of the molecule is COc1cccc2c1C1(CCN(C(=O)CCc3ccsc3)CC1)OCC2. The predicted molar refractivity (Wildman–Crippen MR) is 103 cm³/mol. The molecule has 0 aliphatic carbocycles. The van der Waals surface area contributed by atoms with Crippen LogP contribution in [-0.4, -0.2) is 37.6 Å². The number of piperidine rings is 1. The smallest absolute Gasteiger partial charge is 0.222 e. The van der Waals surface area contributed by atoms with E-state index in [2.05, 4.69) is 29.0 Å². The first kappa shape index (κ1) is 17.6. The lowest BCUT2D eigenvalue weighted by Crippen LogP contribution is -2.48. The summed E-state index contributed by atoms with van der Waals surface area (Å²) in [5, 5.41) is 4.19. The number of rotatable bonds is 4. The molecular weight excluding hydrogens is 346 g/mol. The molecule has 5 heteroatoms. The van der Waals surface area contributed by atoms with Crippen LogP contribution in [0.1, 0.15) is 36.0 Å². The summed E-state index contributed by atoms with van der Waals surface area (Å²) >= 11 is 1.69. The highest BCUT2D eigenvalue weighted by atomic mass is 32.1. The predicted octanol–water partition coefficient (Wildman–Crippen LogP) is 3.78. The fraction of sp³-hybridized carbons (Fsp3) is 0.476. The molecule has 26 heavy (non-hydrogen) atoms. The summed E-state index contributed by atoms with van der Waals surface area (Å²) in [4.78, 5) is 14.6. The quantitative estimate of drug-likeness (QED) is 0.821. The minimum Gasteiger partial charge on any atom is -0.496 e. The minimum atomic E-state index is -0.301. The summed E-state index contributed by atoms with van der Waals surface area (Å²) in [5.41, 5.74) is 3.49. The molecule has 1 fully saturated rings. The van der Waals surface area contributed by atoms with Crippen molar-refractivity contribution in [3.8, 4) is 5.75 Å². The van der Waals surface area contributed by atoms with Crippen molar-refractivity contribution in [2.75, 3.05) is 26.8 Å². The summed E-state index contributed by atoms with van der Waals surface area (Å²) in [6.07, 6.45) is 4.02. The Morgan fingerprint density at radius 2 is 2.15 bits per heavy atom. The van der Waals surface area contributed by atoms with Crippen molar-refractivity contribution in [1.82, 2.24) is 4.90 Å². The van der Waals surface area contributed by atoms with Crippen LogP contribution in [-0.2, 0) is 28.0 Å². The number of methoxy groups -OCH3 is 1. The number of thiophene rings is 1. The Morgan fingerprint density at radius 3 is 2.88 bits per heavy atom. The topological polar surface area (TPSA) is 38.8 Å². The number of amides is 1. The molecule has 1 aromatic heterocycles. The van der Waals surface area contributed by atoms with Gasteiger partial charge < -0.3 is 14.4 Å². The zero-order chi connectivity index (χ0) is 18.0. The second kappa shape index (κ2) is 7.41. The van der Waals surface area contributed by atoms with Gasteiger partial charge in [0.05, 0.1) is 13.7 Å². The summed E-state index contributed by atoms with van der Waals surface area (Å²) in [7, 11) is 1.72. The van der Waals surface area contributed by atoms with E-state index in [1.165, 1.54) is 16.7 Å². The zero-order valence-electron chi connectivity index (χ0n) is 15.2. The monoisotopic (exact) mass is 371 g/mol. The standard InChI is InChI=1S/C21H25NO3S/c1-24-18-4-2-3-17-7-13-25-21(20(17)18)9-11-22(12-10-21)19(23)6-5-16-8-14-26-15-16/h2-4,8,14-15H,5-7,9-13H2,1H3. The second-order valence-corrected chi connectivity index (χ2v) is 7.88. The number of ether oxygens (including phenoxy) is 2. The maximum absolute atomic E-state index is 12.6. The van der Waals surface area contributed by atoms with E-state index in [4.69, 9.17) is 9.47 Å². The van der Waals surface area contributed by atoms with Gasteiger partial charge in [-0.15, -0.1) is 0 Å². The first-order valence-electron chi connectivity index (χ1n) is 9.31. The largest absolute Gasteiger partial charge is 0.496 e. The molecule has 4 nitrogen and oxygen atoms in total. The van der Waals surface area contributed by atoms with Crippen LogP contribution in [0.25, 0.3) is 0 Å². The van der Waals surface area contributed by atoms with Crippen molar-refractivity contribution in [3.63, 3.8) is 0 Å². The van der Waals surface area contributed by atoms with Crippen LogP contribution < -0.4 is 4.74 Å². The van der Waals surface area contributed by atoms with Gasteiger partial charge >= 0.3 is 0 Å². The van der Waals surface area contributed by atoms with E-state index >= 15 is 0 Å². The zero-order valence-corrected chi connectivity index (χ0v) is 16.0. The summed E-state index contributed by atoms with van der Waals surface area (Å²) in [5.74, 6) is 1.17. The molecule has 0 bridgehead atoms. The van der Waals surface area contributed by atoms with Crippen LogP contribution in [0.2, 0.25) is 0 Å². The molecule has 0 saturated carbocycles. The molecule has 0 N–H and O–H groups in total. The van der Waals surface area contributed by atoms with Crippen molar-refractivity contribution < 1.29 is 14.3 Å². The molecule has 2 aliphatic rings. The summed E-state index contributed by atoms with van der Waals surface area (Å²) < 4.78 is 11.9. The molecule has 138 valence electrons. The third-order valence-electron chi connectivity index (χ3n) is 5.67. The number of likely N-dealkylation sites (tertiary alicyclic amines) is 1. The van der Waals surface area contributed by atoms with Gasteiger partial charge in [-0.2, -0.15) is 11.3 Å². The van der Waals surface area contributed by atoms with Crippen molar-refractivity contribution in [2.24, 2.45) is 0 Å². The molecule has 1 saturated heterocycles. The van der Waals surface area contributed by atoms with Gasteiger partial charge in [-0.05, 0) is 59.7 Å². The number of nitrogens with zero attached hydrogens (tertiary/aromatic N) is 1. The van der Waals surface area contributed by atoms with Gasteiger partial charge in [0.25, 0.3) is 0 Å². The third kappa shape index (κ3) is 3.26. The number of fused-ring (bicyclic) bond motifs is 2. The first-order chi connectivity index (χ1) is 12.7. The van der Waals surface area contributed by atoms with Crippen LogP contribution in [0.3, 0.4) is 0 Å². The molecule has 4 rings (SSSR count). The van der Waals surface area contributed by atoms with Gasteiger partial charge in [0.1, 0.15) is 11.4 Å². The Hall–Kier alpha value is -1.85. The van der Waals surface area contributed by atoms with E-state index in [9.17, 15) is 4.79 Å². The van der Waals surface area contributed by atoms with Gasteiger partial charge in [0.2, 0.25) is 5.91 Å². The van der Waals surface area contributed by atoms with Crippen LogP contribution in [0.4, 0.5) is 0 Å². The van der Waals surface area contributed by atoms with Gasteiger partial charge in [-0.1, -0.05) is 12.1 Å². The summed E-state index contributed by atoms with van der Waals surface area (Å²) in [6, 6.07) is 8.36. The van der Waals surface area contributed by atoms with E-state index in [1.807, 2.05) is 11.0 Å². The number of benzene rings is 1. The van der Waals surface area contributed by atoms with Gasteiger partial charge in [0, 0.05) is 25.1 Å². The van der Waals surface area contributed by atoms with Crippen molar-refractivity contribution in [2.45, 2.75) is 37.7 Å². The van der Waals surface area contributed by atoms with E-state index in [1.54, 1.807) is 18.4 Å². The lowest BCUT2D eigenvalue weighted by atomic mass is 9.78. The molecule has 1 spiro atoms. The Labute approximate surface area is 158 Å². The number of hydrogen-bond donors (Lipinski definition) is 0. The Bertz CT molecular complexity index is 749. The fourth-order valence-corrected chi connectivity index (χ4v) is 4.96. The molecule has 0 unspecified atom stereocenters. The Morgan fingerprint density at radius 1 is 1.31 bits per heavy atom. The van der Waals surface area contributed by atoms with Gasteiger partial charge in [0.15, 0.2) is 0 Å². The number of carbonyl (C=O) groups excluding carboxylic acids is 1. The van der Waals surface area contributed by atoms with E-state index in [0.29, 0.717) is 6.42 Å². The van der Waals surface area contributed by atoms with Crippen LogP contribution in [0.15, 0.2) is 35.0 Å². The third-order valence-corrected chi connectivity index (χ3v) is 6.40. The number of aryl methyl sites for hydroxylation is 1. The van der Waals surface area contributed by atoms with Gasteiger partial charge in [-0.25, -0.2) is 0 Å². The summed E-state index contributed by atoms with van der Waals surface area (Å²) in [6.45, 7) is 2.24. The van der Waals surface area contributed by atoms with E-state index in [0.717, 1.165) is 51.1 Å². The van der Waals surface area contributed by atoms with Gasteiger partial charge in [-0.3, -0.25) is 4.79 Å². The maximum atomic E-state index is 12.6. The molecular formula is C21H25NO3S. The first-order valence-corrected chi connectivity index (χ1v) is 10.3. The molecule has 2 aliphatic heterocycles. The highest BCUT2D eigenvalue weighted by Gasteiger charge is 2.43. The molecule has 1 amide bonds. The van der Waals surface area contributed by atoms with E-state index in [-0.39, 0.29) is 11.5 Å². The lowest BCUT2D eigenvalue weighted by Gasteiger charge is -2.45. The fourth-order valence-electron chi connectivity index (χ4n) is 4.26. The highest BCUT2D eigenvalue weighted by molar-refractivity contribution is 7.07. The molecule has 0 atom stereocenters. The van der Waals surface area contributed by atoms with Crippen molar-refractivity contribution in [3.05, 3.63) is 51.7 Å². The van der Waals surface area contributed by atoms with Crippen molar-refractivity contribution >= 4 is 17.2 Å². The molecule has 3 heterocycles. The number of carbonyl (C=O) groups is 1. The molecule has 1 aromatic carbocycles. The van der Waals surface area contributed by atoms with Crippen LogP contribution in [0, 0.1) is 0 Å². The highest BCUT2D eigenvalue weighted by Crippen LogP contribution is 2.45. The van der Waals surface area contributed by atoms with Crippen LogP contribution >= 0.6 is 11.3 Å². The Balaban J connectivity index is 1.45. The lowest BCUT2D eigenvalue weighted by molar-refractivity contribution is -0.140. The second-order valence-electron chi connectivity index (χ2n) is 7.10. The average molecular weight is 372 g/mol. The molecule has 0 radical (unpaired) electrons. The Kier molecular flexibility index (Phi) is 5.00. The number of hydrogen-bond acceptors (Lipinski definition) is 4.